The third-order valence-electron chi connectivity index (χ3n) is 4.26. The molecule has 0 aliphatic heterocycles. The highest BCUT2D eigenvalue weighted by molar-refractivity contribution is 6.09. The number of hydrogen-bond acceptors (Lipinski definition) is 2. The highest BCUT2D eigenvalue weighted by Gasteiger charge is 2.55. The van der Waals surface area contributed by atoms with Gasteiger partial charge in [0.25, 0.3) is 0 Å². The summed E-state index contributed by atoms with van der Waals surface area (Å²) < 4.78 is 0. The number of hydrogen-bond donors (Lipinski definition) is 0. The fourth-order valence-corrected chi connectivity index (χ4v) is 3.46. The molecule has 0 radical (unpaired) electrons. The van der Waals surface area contributed by atoms with E-state index in [-0.39, 0.29) is 29.8 Å². The van der Waals surface area contributed by atoms with Gasteiger partial charge in [0.1, 0.15) is 11.6 Å². The van der Waals surface area contributed by atoms with Crippen molar-refractivity contribution in [3.8, 4) is 0 Å². The largest absolute Gasteiger partial charge is 0.299 e. The molecule has 0 N–H and O–H groups in total. The summed E-state index contributed by atoms with van der Waals surface area (Å²) in [5.41, 5.74) is 0. The summed E-state index contributed by atoms with van der Waals surface area (Å²) in [5.74, 6) is 1.35. The van der Waals surface area contributed by atoms with Crippen LogP contribution in [0.3, 0.4) is 0 Å². The van der Waals surface area contributed by atoms with Crippen LogP contribution in [0.25, 0.3) is 0 Å². The van der Waals surface area contributed by atoms with E-state index in [1.165, 1.54) is 19.3 Å². The van der Waals surface area contributed by atoms with Crippen molar-refractivity contribution in [2.75, 3.05) is 0 Å². The maximum Gasteiger partial charge on any atom is 0.144 e. The first-order valence-electron chi connectivity index (χ1n) is 6.92. The molecule has 3 aliphatic carbocycles. The molecule has 0 aromatic heterocycles. The molecule has 2 fully saturated rings. The second kappa shape index (κ2) is 5.16. The molecule has 0 heterocycles. The van der Waals surface area contributed by atoms with E-state index >= 15 is 0 Å². The third-order valence-corrected chi connectivity index (χ3v) is 4.26. The molecule has 3 rings (SSSR count). The van der Waals surface area contributed by atoms with Crippen molar-refractivity contribution in [1.82, 2.24) is 0 Å². The lowest BCUT2D eigenvalue weighted by Crippen LogP contribution is -2.21. The van der Waals surface area contributed by atoms with E-state index in [4.69, 9.17) is 0 Å². The van der Waals surface area contributed by atoms with Gasteiger partial charge < -0.3 is 0 Å². The molecular weight excluding hydrogens is 212 g/mol. The highest BCUT2D eigenvalue weighted by Crippen LogP contribution is 2.52. The Bertz CT molecular complexity index is 313. The van der Waals surface area contributed by atoms with Crippen LogP contribution in [0.1, 0.15) is 46.0 Å². The Morgan fingerprint density at radius 3 is 1.82 bits per heavy atom. The smallest absolute Gasteiger partial charge is 0.144 e. The number of unbranched alkanes of at least 4 members (excludes halogenated alkanes) is 2. The molecule has 2 saturated carbocycles. The van der Waals surface area contributed by atoms with Crippen molar-refractivity contribution in [1.29, 1.82) is 0 Å². The van der Waals surface area contributed by atoms with Crippen LogP contribution in [0.4, 0.5) is 0 Å². The predicted octanol–water partition coefficient (Wildman–Crippen LogP) is 3.16. The summed E-state index contributed by atoms with van der Waals surface area (Å²) in [6.45, 7) is 4.42. The van der Waals surface area contributed by atoms with Gasteiger partial charge in [0.15, 0.2) is 0 Å². The first-order valence-corrected chi connectivity index (χ1v) is 6.92. The lowest BCUT2D eigenvalue weighted by Gasteiger charge is -2.16. The lowest BCUT2D eigenvalue weighted by molar-refractivity contribution is -0.123. The van der Waals surface area contributed by atoms with Crippen LogP contribution in [0, 0.1) is 23.7 Å². The van der Waals surface area contributed by atoms with Gasteiger partial charge in [-0.25, -0.2) is 0 Å². The molecule has 0 amide bonds. The lowest BCUT2D eigenvalue weighted by atomic mass is 9.85. The van der Waals surface area contributed by atoms with Gasteiger partial charge in [-0.1, -0.05) is 45.3 Å². The molecule has 2 nitrogen and oxygen atoms in total. The number of ketones is 2. The van der Waals surface area contributed by atoms with E-state index in [9.17, 15) is 9.59 Å². The standard InChI is InChI=1S/C10H10O2.C5H12/c11-7-4-8(12)10-6-2-1-5(3-6)9(7)10;1-3-5-4-2/h1-2,5-6,9-10H,3-4H2;3-5H2,1-2H3. The van der Waals surface area contributed by atoms with Crippen molar-refractivity contribution in [2.24, 2.45) is 23.7 Å². The normalized spacial score (nSPS) is 37.1. The summed E-state index contributed by atoms with van der Waals surface area (Å²) in [4.78, 5) is 22.8. The van der Waals surface area contributed by atoms with E-state index in [2.05, 4.69) is 26.0 Å². The van der Waals surface area contributed by atoms with Gasteiger partial charge in [0.05, 0.1) is 6.42 Å². The van der Waals surface area contributed by atoms with Gasteiger partial charge in [-0.2, -0.15) is 0 Å². The monoisotopic (exact) mass is 234 g/mol. The molecule has 0 aromatic carbocycles. The third kappa shape index (κ3) is 2.22. The minimum atomic E-state index is 0.0764. The summed E-state index contributed by atoms with van der Waals surface area (Å²) in [5, 5.41) is 0. The van der Waals surface area contributed by atoms with Crippen LogP contribution in [-0.4, -0.2) is 11.6 Å². The van der Waals surface area contributed by atoms with E-state index < -0.39 is 0 Å². The maximum absolute atomic E-state index is 11.4. The van der Waals surface area contributed by atoms with E-state index in [1.807, 2.05) is 0 Å². The van der Waals surface area contributed by atoms with Crippen LogP contribution < -0.4 is 0 Å². The topological polar surface area (TPSA) is 34.1 Å². The highest BCUT2D eigenvalue weighted by atomic mass is 16.2. The first kappa shape index (κ1) is 12.5. The van der Waals surface area contributed by atoms with Gasteiger partial charge in [0, 0.05) is 11.8 Å². The second-order valence-electron chi connectivity index (χ2n) is 5.46. The number of allylic oxidation sites excluding steroid dienone is 2. The summed E-state index contributed by atoms with van der Waals surface area (Å²) in [6.07, 6.45) is 9.59. The molecule has 4 atom stereocenters. The van der Waals surface area contributed by atoms with E-state index in [1.54, 1.807) is 0 Å². The SMILES string of the molecule is CCCCC.O=C1CC(=O)C2C3C=CC(C3)C12. The van der Waals surface area contributed by atoms with Gasteiger partial charge in [-0.15, -0.1) is 0 Å². The molecule has 17 heavy (non-hydrogen) atoms. The van der Waals surface area contributed by atoms with Crippen LogP contribution in [0.5, 0.6) is 0 Å². The number of rotatable bonds is 2. The van der Waals surface area contributed by atoms with Crippen molar-refractivity contribution in [3.05, 3.63) is 12.2 Å². The van der Waals surface area contributed by atoms with E-state index in [0.717, 1.165) is 6.42 Å². The van der Waals surface area contributed by atoms with Crippen LogP contribution >= 0.6 is 0 Å². The van der Waals surface area contributed by atoms with Gasteiger partial charge >= 0.3 is 0 Å². The summed E-state index contributed by atoms with van der Waals surface area (Å²) in [6, 6.07) is 0. The zero-order valence-corrected chi connectivity index (χ0v) is 10.8. The molecule has 2 bridgehead atoms. The Balaban J connectivity index is 0.000000188. The fraction of sp³-hybridized carbons (Fsp3) is 0.733. The second-order valence-corrected chi connectivity index (χ2v) is 5.46. The molecular formula is C15H22O2. The fourth-order valence-electron chi connectivity index (χ4n) is 3.46. The van der Waals surface area contributed by atoms with Crippen LogP contribution in [-0.2, 0) is 9.59 Å². The van der Waals surface area contributed by atoms with E-state index in [0.29, 0.717) is 11.8 Å². The minimum Gasteiger partial charge on any atom is -0.299 e. The van der Waals surface area contributed by atoms with Crippen molar-refractivity contribution in [3.63, 3.8) is 0 Å². The van der Waals surface area contributed by atoms with Gasteiger partial charge in [-0.3, -0.25) is 9.59 Å². The zero-order valence-electron chi connectivity index (χ0n) is 10.8. The quantitative estimate of drug-likeness (QED) is 0.543. The Morgan fingerprint density at radius 2 is 1.47 bits per heavy atom. The van der Waals surface area contributed by atoms with Crippen LogP contribution in [0.2, 0.25) is 0 Å². The Hall–Kier alpha value is -0.920. The summed E-state index contributed by atoms with van der Waals surface area (Å²) in [7, 11) is 0. The molecule has 0 spiro atoms. The molecule has 2 heteroatoms. The first-order chi connectivity index (χ1) is 8.19. The van der Waals surface area contributed by atoms with Crippen molar-refractivity contribution < 1.29 is 9.59 Å². The number of carbonyl (C=O) groups is 2. The zero-order chi connectivity index (χ0) is 12.4. The molecule has 0 saturated heterocycles. The summed E-state index contributed by atoms with van der Waals surface area (Å²) >= 11 is 0. The molecule has 94 valence electrons. The average molecular weight is 234 g/mol. The Labute approximate surface area is 103 Å². The van der Waals surface area contributed by atoms with Gasteiger partial charge in [-0.05, 0) is 18.3 Å². The molecule has 4 unspecified atom stereocenters. The van der Waals surface area contributed by atoms with Gasteiger partial charge in [0.2, 0.25) is 0 Å². The number of Topliss-reactive ketones (excluding diaryl/α,β-unsaturated/α-hetero) is 2. The maximum atomic E-state index is 11.4. The Kier molecular flexibility index (Phi) is 3.80. The minimum absolute atomic E-state index is 0.0764. The molecule has 0 aromatic rings. The van der Waals surface area contributed by atoms with Crippen molar-refractivity contribution >= 4 is 11.6 Å². The molecule has 3 aliphatic rings. The predicted molar refractivity (Wildman–Crippen MR) is 67.5 cm³/mol. The Morgan fingerprint density at radius 1 is 1.00 bits per heavy atom. The van der Waals surface area contributed by atoms with Crippen LogP contribution in [0.15, 0.2) is 12.2 Å². The number of carbonyl (C=O) groups excluding carboxylic acids is 2. The van der Waals surface area contributed by atoms with Crippen molar-refractivity contribution in [2.45, 2.75) is 46.0 Å². The number of fused-ring (bicyclic) bond motifs is 5. The average Bonchev–Trinajstić information content (AvgIpc) is 2.95.